The number of hydrogen-bond donors (Lipinski definition) is 1. The Labute approximate surface area is 108 Å². The molecule has 0 radical (unpaired) electrons. The van der Waals surface area contributed by atoms with E-state index in [2.05, 4.69) is 28.2 Å². The van der Waals surface area contributed by atoms with Crippen LogP contribution in [-0.2, 0) is 0 Å². The molecule has 0 aliphatic carbocycles. The third-order valence-corrected chi connectivity index (χ3v) is 4.86. The average molecular weight is 304 g/mol. The van der Waals surface area contributed by atoms with Crippen molar-refractivity contribution in [3.05, 3.63) is 28.5 Å². The lowest BCUT2D eigenvalue weighted by molar-refractivity contribution is 0.612. The van der Waals surface area contributed by atoms with Crippen molar-refractivity contribution in [1.82, 2.24) is 0 Å². The summed E-state index contributed by atoms with van der Waals surface area (Å²) in [5.74, 6) is 1.04. The topological polar surface area (TPSA) is 12.0 Å². The lowest BCUT2D eigenvalue weighted by Gasteiger charge is -2.30. The maximum absolute atomic E-state index is 13.1. The number of hydrogen-bond acceptors (Lipinski definition) is 2. The van der Waals surface area contributed by atoms with Gasteiger partial charge in [0.2, 0.25) is 0 Å². The van der Waals surface area contributed by atoms with Crippen molar-refractivity contribution in [2.24, 2.45) is 0 Å². The summed E-state index contributed by atoms with van der Waals surface area (Å²) in [6.45, 7) is 2.25. The first-order valence-electron chi connectivity index (χ1n) is 5.50. The fraction of sp³-hybridized carbons (Fsp3) is 0.500. The van der Waals surface area contributed by atoms with Gasteiger partial charge in [0, 0.05) is 17.0 Å². The molecule has 1 aromatic rings. The van der Waals surface area contributed by atoms with Gasteiger partial charge < -0.3 is 5.32 Å². The van der Waals surface area contributed by atoms with Gasteiger partial charge in [-0.2, -0.15) is 11.8 Å². The number of rotatable bonds is 2. The van der Waals surface area contributed by atoms with E-state index in [1.807, 2.05) is 11.8 Å². The standard InChI is InChI=1S/C12H15BrFNS/c1-8-12(3-2-6-16-8)15-9-4-5-11(14)10(13)7-9/h4-5,7-8,12,15H,2-3,6H2,1H3. The van der Waals surface area contributed by atoms with Crippen molar-refractivity contribution in [2.45, 2.75) is 31.1 Å². The lowest BCUT2D eigenvalue weighted by Crippen LogP contribution is -2.32. The van der Waals surface area contributed by atoms with Crippen LogP contribution in [0.25, 0.3) is 0 Å². The summed E-state index contributed by atoms with van der Waals surface area (Å²) in [6.07, 6.45) is 2.46. The Morgan fingerprint density at radius 1 is 1.50 bits per heavy atom. The molecule has 1 N–H and O–H groups in total. The van der Waals surface area contributed by atoms with Crippen molar-refractivity contribution in [3.8, 4) is 0 Å². The number of anilines is 1. The lowest BCUT2D eigenvalue weighted by atomic mass is 10.1. The maximum atomic E-state index is 13.1. The van der Waals surface area contributed by atoms with Crippen LogP contribution >= 0.6 is 27.7 Å². The van der Waals surface area contributed by atoms with Gasteiger partial charge in [-0.15, -0.1) is 0 Å². The van der Waals surface area contributed by atoms with Gasteiger partial charge in [-0.25, -0.2) is 4.39 Å². The highest BCUT2D eigenvalue weighted by molar-refractivity contribution is 9.10. The van der Waals surface area contributed by atoms with E-state index in [4.69, 9.17) is 0 Å². The van der Waals surface area contributed by atoms with E-state index in [1.165, 1.54) is 24.7 Å². The minimum absolute atomic E-state index is 0.211. The molecule has 1 heterocycles. The number of benzene rings is 1. The monoisotopic (exact) mass is 303 g/mol. The summed E-state index contributed by atoms with van der Waals surface area (Å²) in [6, 6.07) is 5.59. The van der Waals surface area contributed by atoms with Gasteiger partial charge in [-0.05, 0) is 52.7 Å². The van der Waals surface area contributed by atoms with Crippen molar-refractivity contribution < 1.29 is 4.39 Å². The van der Waals surface area contributed by atoms with Gasteiger partial charge >= 0.3 is 0 Å². The summed E-state index contributed by atoms with van der Waals surface area (Å²) < 4.78 is 13.6. The van der Waals surface area contributed by atoms with Crippen molar-refractivity contribution in [2.75, 3.05) is 11.1 Å². The molecule has 1 nitrogen and oxygen atoms in total. The number of thioether (sulfide) groups is 1. The van der Waals surface area contributed by atoms with Crippen LogP contribution in [0, 0.1) is 5.82 Å². The van der Waals surface area contributed by atoms with Gasteiger partial charge in [0.1, 0.15) is 5.82 Å². The third-order valence-electron chi connectivity index (χ3n) is 2.88. The van der Waals surface area contributed by atoms with E-state index in [0.717, 1.165) is 5.69 Å². The van der Waals surface area contributed by atoms with E-state index in [-0.39, 0.29) is 5.82 Å². The van der Waals surface area contributed by atoms with E-state index in [9.17, 15) is 4.39 Å². The van der Waals surface area contributed by atoms with E-state index in [1.54, 1.807) is 12.1 Å². The van der Waals surface area contributed by atoms with Crippen LogP contribution < -0.4 is 5.32 Å². The summed E-state index contributed by atoms with van der Waals surface area (Å²) in [5, 5.41) is 4.10. The van der Waals surface area contributed by atoms with E-state index < -0.39 is 0 Å². The van der Waals surface area contributed by atoms with Crippen LogP contribution in [-0.4, -0.2) is 17.0 Å². The van der Waals surface area contributed by atoms with Gasteiger partial charge in [-0.3, -0.25) is 0 Å². The molecular formula is C12H15BrFNS. The molecule has 1 fully saturated rings. The first-order chi connectivity index (χ1) is 7.66. The Morgan fingerprint density at radius 2 is 2.31 bits per heavy atom. The molecule has 0 saturated carbocycles. The molecule has 1 saturated heterocycles. The van der Waals surface area contributed by atoms with E-state index in [0.29, 0.717) is 15.8 Å². The summed E-state index contributed by atoms with van der Waals surface area (Å²) in [5.41, 5.74) is 0.993. The molecule has 2 unspecified atom stereocenters. The zero-order valence-corrected chi connectivity index (χ0v) is 11.6. The van der Waals surface area contributed by atoms with Gasteiger partial charge in [0.25, 0.3) is 0 Å². The second-order valence-corrected chi connectivity index (χ2v) is 6.44. The van der Waals surface area contributed by atoms with Crippen LogP contribution in [0.3, 0.4) is 0 Å². The van der Waals surface area contributed by atoms with Gasteiger partial charge in [0.05, 0.1) is 4.47 Å². The first-order valence-corrected chi connectivity index (χ1v) is 7.34. The average Bonchev–Trinajstić information content (AvgIpc) is 2.27. The minimum Gasteiger partial charge on any atom is -0.381 e. The predicted molar refractivity (Wildman–Crippen MR) is 72.7 cm³/mol. The fourth-order valence-electron chi connectivity index (χ4n) is 1.91. The largest absolute Gasteiger partial charge is 0.381 e. The summed E-state index contributed by atoms with van der Waals surface area (Å²) >= 11 is 5.21. The zero-order valence-electron chi connectivity index (χ0n) is 9.17. The molecule has 2 rings (SSSR count). The Balaban J connectivity index is 2.05. The molecule has 1 aliphatic heterocycles. The van der Waals surface area contributed by atoms with Crippen LogP contribution in [0.15, 0.2) is 22.7 Å². The molecular weight excluding hydrogens is 289 g/mol. The second kappa shape index (κ2) is 5.41. The molecule has 1 aliphatic rings. The molecule has 4 heteroatoms. The van der Waals surface area contributed by atoms with Crippen molar-refractivity contribution >= 4 is 33.4 Å². The highest BCUT2D eigenvalue weighted by atomic mass is 79.9. The van der Waals surface area contributed by atoms with E-state index >= 15 is 0 Å². The highest BCUT2D eigenvalue weighted by Crippen LogP contribution is 2.28. The Hall–Kier alpha value is -0.220. The summed E-state index contributed by atoms with van der Waals surface area (Å²) in [7, 11) is 0. The summed E-state index contributed by atoms with van der Waals surface area (Å²) in [4.78, 5) is 0. The number of halogens is 2. The molecule has 88 valence electrons. The molecule has 2 atom stereocenters. The second-order valence-electron chi connectivity index (χ2n) is 4.10. The van der Waals surface area contributed by atoms with Crippen LogP contribution in [0.2, 0.25) is 0 Å². The molecule has 1 aromatic carbocycles. The van der Waals surface area contributed by atoms with Crippen molar-refractivity contribution in [3.63, 3.8) is 0 Å². The normalized spacial score (nSPS) is 25.4. The third kappa shape index (κ3) is 2.92. The Bertz CT molecular complexity index is 372. The highest BCUT2D eigenvalue weighted by Gasteiger charge is 2.21. The quantitative estimate of drug-likeness (QED) is 0.875. The molecule has 0 spiro atoms. The van der Waals surface area contributed by atoms with Gasteiger partial charge in [-0.1, -0.05) is 6.92 Å². The Kier molecular flexibility index (Phi) is 4.14. The Morgan fingerprint density at radius 3 is 3.00 bits per heavy atom. The SMILES string of the molecule is CC1SCCCC1Nc1ccc(F)c(Br)c1. The van der Waals surface area contributed by atoms with Gasteiger partial charge in [0.15, 0.2) is 0 Å². The number of nitrogens with one attached hydrogen (secondary N) is 1. The first kappa shape index (κ1) is 12.2. The predicted octanol–water partition coefficient (Wildman–Crippen LogP) is 4.28. The van der Waals surface area contributed by atoms with Crippen LogP contribution in [0.5, 0.6) is 0 Å². The smallest absolute Gasteiger partial charge is 0.137 e. The van der Waals surface area contributed by atoms with Crippen LogP contribution in [0.4, 0.5) is 10.1 Å². The molecule has 16 heavy (non-hydrogen) atoms. The molecule has 0 amide bonds. The molecule has 0 bridgehead atoms. The zero-order chi connectivity index (χ0) is 11.5. The maximum Gasteiger partial charge on any atom is 0.137 e. The minimum atomic E-state index is -0.211. The van der Waals surface area contributed by atoms with Crippen molar-refractivity contribution in [1.29, 1.82) is 0 Å². The fourth-order valence-corrected chi connectivity index (χ4v) is 3.43. The molecule has 0 aromatic heterocycles. The van der Waals surface area contributed by atoms with Crippen LogP contribution in [0.1, 0.15) is 19.8 Å².